The summed E-state index contributed by atoms with van der Waals surface area (Å²) in [6, 6.07) is 11.7. The first kappa shape index (κ1) is 9.87. The fourth-order valence-electron chi connectivity index (χ4n) is 2.22. The summed E-state index contributed by atoms with van der Waals surface area (Å²) in [5, 5.41) is 10.2. The van der Waals surface area contributed by atoms with Gasteiger partial charge in [-0.1, -0.05) is 24.3 Å². The zero-order valence-corrected chi connectivity index (χ0v) is 10.0. The highest BCUT2D eigenvalue weighted by Gasteiger charge is 2.27. The number of halogens is 1. The first-order chi connectivity index (χ1) is 7.68. The van der Waals surface area contributed by atoms with Crippen molar-refractivity contribution in [3.63, 3.8) is 0 Å². The third-order valence-corrected chi connectivity index (χ3v) is 3.70. The number of nitrogens with two attached hydrogens (primary N) is 1. The van der Waals surface area contributed by atoms with Gasteiger partial charge in [-0.15, -0.1) is 0 Å². The highest BCUT2D eigenvalue weighted by Crippen LogP contribution is 2.45. The van der Waals surface area contributed by atoms with Gasteiger partial charge in [-0.2, -0.15) is 0 Å². The minimum absolute atomic E-state index is 0.554. The second-order valence-electron chi connectivity index (χ2n) is 3.95. The maximum atomic E-state index is 10.2. The maximum absolute atomic E-state index is 10.2. The van der Waals surface area contributed by atoms with E-state index in [0.717, 1.165) is 26.7 Å². The Morgan fingerprint density at radius 1 is 1.06 bits per heavy atom. The minimum Gasteiger partial charge on any atom is -0.398 e. The summed E-state index contributed by atoms with van der Waals surface area (Å²) in [4.78, 5) is 0. The number of anilines is 1. The summed E-state index contributed by atoms with van der Waals surface area (Å²) in [7, 11) is 0. The molecule has 2 aromatic carbocycles. The van der Waals surface area contributed by atoms with Crippen LogP contribution < -0.4 is 5.73 Å². The average molecular weight is 276 g/mol. The molecule has 0 radical (unpaired) electrons. The van der Waals surface area contributed by atoms with Crippen LogP contribution in [-0.4, -0.2) is 5.11 Å². The maximum Gasteiger partial charge on any atom is 0.105 e. The van der Waals surface area contributed by atoms with Crippen molar-refractivity contribution in [1.29, 1.82) is 0 Å². The van der Waals surface area contributed by atoms with Gasteiger partial charge < -0.3 is 10.8 Å². The van der Waals surface area contributed by atoms with Gasteiger partial charge in [-0.3, -0.25) is 0 Å². The summed E-state index contributed by atoms with van der Waals surface area (Å²) in [6.45, 7) is 0. The largest absolute Gasteiger partial charge is 0.398 e. The second-order valence-corrected chi connectivity index (χ2v) is 4.81. The van der Waals surface area contributed by atoms with Crippen LogP contribution in [-0.2, 0) is 0 Å². The van der Waals surface area contributed by atoms with Crippen molar-refractivity contribution < 1.29 is 5.11 Å². The molecule has 0 saturated heterocycles. The molecule has 2 nitrogen and oxygen atoms in total. The van der Waals surface area contributed by atoms with Crippen molar-refractivity contribution in [2.24, 2.45) is 0 Å². The molecule has 3 N–H and O–H groups in total. The highest BCUT2D eigenvalue weighted by molar-refractivity contribution is 9.10. The van der Waals surface area contributed by atoms with E-state index in [4.69, 9.17) is 5.73 Å². The SMILES string of the molecule is Nc1cc2c(cc1Br)-c1ccccc1C2O. The number of aliphatic hydroxyl groups is 1. The standard InChI is InChI=1S/C13H10BrNO/c14-11-5-9-7-3-1-2-4-8(7)13(16)10(9)6-12(11)15/h1-6,13,16H,15H2. The van der Waals surface area contributed by atoms with E-state index in [-0.39, 0.29) is 0 Å². The Morgan fingerprint density at radius 3 is 2.62 bits per heavy atom. The van der Waals surface area contributed by atoms with Crippen LogP contribution in [0.1, 0.15) is 17.2 Å². The van der Waals surface area contributed by atoms with Crippen LogP contribution in [0.5, 0.6) is 0 Å². The zero-order chi connectivity index (χ0) is 11.3. The van der Waals surface area contributed by atoms with Crippen molar-refractivity contribution in [3.8, 4) is 11.1 Å². The monoisotopic (exact) mass is 275 g/mol. The lowest BCUT2D eigenvalue weighted by atomic mass is 10.1. The molecule has 3 heteroatoms. The van der Waals surface area contributed by atoms with Crippen LogP contribution in [0, 0.1) is 0 Å². The van der Waals surface area contributed by atoms with Gasteiger partial charge in [-0.25, -0.2) is 0 Å². The fraction of sp³-hybridized carbons (Fsp3) is 0.0769. The molecule has 0 heterocycles. The Hall–Kier alpha value is -1.32. The molecule has 2 aromatic rings. The van der Waals surface area contributed by atoms with Gasteiger partial charge >= 0.3 is 0 Å². The molecule has 3 rings (SSSR count). The summed E-state index contributed by atoms with van der Waals surface area (Å²) < 4.78 is 0.871. The highest BCUT2D eigenvalue weighted by atomic mass is 79.9. The molecule has 0 saturated carbocycles. The van der Waals surface area contributed by atoms with E-state index in [1.807, 2.05) is 36.4 Å². The molecule has 1 unspecified atom stereocenters. The van der Waals surface area contributed by atoms with Crippen LogP contribution >= 0.6 is 15.9 Å². The van der Waals surface area contributed by atoms with E-state index in [1.165, 1.54) is 0 Å². The molecule has 0 aliphatic heterocycles. The van der Waals surface area contributed by atoms with Crippen LogP contribution in [0.4, 0.5) is 5.69 Å². The van der Waals surface area contributed by atoms with E-state index in [9.17, 15) is 5.11 Å². The molecule has 16 heavy (non-hydrogen) atoms. The van der Waals surface area contributed by atoms with Gasteiger partial charge in [0.15, 0.2) is 0 Å². The molecule has 0 spiro atoms. The summed E-state index contributed by atoms with van der Waals surface area (Å²) in [6.07, 6.45) is -0.554. The molecule has 0 amide bonds. The van der Waals surface area contributed by atoms with Gasteiger partial charge in [0.25, 0.3) is 0 Å². The number of aliphatic hydroxyl groups excluding tert-OH is 1. The third-order valence-electron chi connectivity index (χ3n) is 3.01. The van der Waals surface area contributed by atoms with Crippen LogP contribution in [0.25, 0.3) is 11.1 Å². The summed E-state index contributed by atoms with van der Waals surface area (Å²) in [5.74, 6) is 0. The minimum atomic E-state index is -0.554. The smallest absolute Gasteiger partial charge is 0.105 e. The van der Waals surface area contributed by atoms with Crippen molar-refractivity contribution in [3.05, 3.63) is 52.0 Å². The lowest BCUT2D eigenvalue weighted by Crippen LogP contribution is -1.95. The number of nitrogen functional groups attached to an aromatic ring is 1. The number of benzene rings is 2. The van der Waals surface area contributed by atoms with E-state index in [1.54, 1.807) is 0 Å². The topological polar surface area (TPSA) is 46.2 Å². The Bertz CT molecular complexity index is 580. The van der Waals surface area contributed by atoms with Crippen molar-refractivity contribution in [2.75, 3.05) is 5.73 Å². The lowest BCUT2D eigenvalue weighted by Gasteiger charge is -2.07. The van der Waals surface area contributed by atoms with E-state index < -0.39 is 6.10 Å². The van der Waals surface area contributed by atoms with Crippen LogP contribution in [0.2, 0.25) is 0 Å². The lowest BCUT2D eigenvalue weighted by molar-refractivity contribution is 0.225. The molecule has 0 aromatic heterocycles. The fourth-order valence-corrected chi connectivity index (χ4v) is 2.56. The van der Waals surface area contributed by atoms with E-state index in [0.29, 0.717) is 5.69 Å². The Balaban J connectivity index is 2.34. The Labute approximate surface area is 102 Å². The van der Waals surface area contributed by atoms with Crippen molar-refractivity contribution in [1.82, 2.24) is 0 Å². The van der Waals surface area contributed by atoms with Crippen molar-refractivity contribution in [2.45, 2.75) is 6.10 Å². The molecule has 0 bridgehead atoms. The van der Waals surface area contributed by atoms with E-state index in [2.05, 4.69) is 15.9 Å². The number of hydrogen-bond donors (Lipinski definition) is 2. The van der Waals surface area contributed by atoms with Gasteiger partial charge in [0.05, 0.1) is 0 Å². The van der Waals surface area contributed by atoms with Gasteiger partial charge in [0.1, 0.15) is 6.10 Å². The molecule has 80 valence electrons. The van der Waals surface area contributed by atoms with Gasteiger partial charge in [0, 0.05) is 10.2 Å². The number of fused-ring (bicyclic) bond motifs is 3. The van der Waals surface area contributed by atoms with Gasteiger partial charge in [0.2, 0.25) is 0 Å². The molecule has 1 atom stereocenters. The normalized spacial score (nSPS) is 17.0. The number of rotatable bonds is 0. The first-order valence-corrected chi connectivity index (χ1v) is 5.84. The molecular formula is C13H10BrNO. The van der Waals surface area contributed by atoms with E-state index >= 15 is 0 Å². The first-order valence-electron chi connectivity index (χ1n) is 5.05. The predicted molar refractivity (Wildman–Crippen MR) is 68.1 cm³/mol. The van der Waals surface area contributed by atoms with Crippen molar-refractivity contribution >= 4 is 21.6 Å². The summed E-state index contributed by atoms with van der Waals surface area (Å²) in [5.41, 5.74) is 10.5. The van der Waals surface area contributed by atoms with Crippen LogP contribution in [0.3, 0.4) is 0 Å². The van der Waals surface area contributed by atoms with Gasteiger partial charge in [-0.05, 0) is 50.3 Å². The molecule has 1 aliphatic rings. The van der Waals surface area contributed by atoms with Crippen LogP contribution in [0.15, 0.2) is 40.9 Å². The number of hydrogen-bond acceptors (Lipinski definition) is 2. The predicted octanol–water partition coefficient (Wildman–Crippen LogP) is 3.09. The molecule has 0 fully saturated rings. The molecular weight excluding hydrogens is 266 g/mol. The Morgan fingerprint density at radius 2 is 1.81 bits per heavy atom. The average Bonchev–Trinajstić information content (AvgIpc) is 2.55. The third kappa shape index (κ3) is 1.22. The molecule has 1 aliphatic carbocycles. The Kier molecular flexibility index (Phi) is 2.06. The quantitative estimate of drug-likeness (QED) is 0.726. The summed E-state index contributed by atoms with van der Waals surface area (Å²) >= 11 is 3.41. The second kappa shape index (κ2) is 3.34. The zero-order valence-electron chi connectivity index (χ0n) is 8.44.